The van der Waals surface area contributed by atoms with Gasteiger partial charge < -0.3 is 20.1 Å². The van der Waals surface area contributed by atoms with E-state index in [0.29, 0.717) is 5.75 Å². The first kappa shape index (κ1) is 26.8. The van der Waals surface area contributed by atoms with Crippen LogP contribution in [0.15, 0.2) is 18.2 Å². The lowest BCUT2D eigenvalue weighted by molar-refractivity contribution is 0.191. The number of rotatable bonds is 16. The average molecular weight is 435 g/mol. The molecule has 0 atom stereocenters. The van der Waals surface area contributed by atoms with E-state index in [1.54, 1.807) is 6.07 Å². The van der Waals surface area contributed by atoms with E-state index in [1.807, 2.05) is 12.1 Å². The molecule has 0 saturated heterocycles. The molecule has 0 unspecified atom stereocenters. The summed E-state index contributed by atoms with van der Waals surface area (Å²) in [4.78, 5) is 23.3. The fraction of sp³-hybridized carbons (Fsp3) is 0.680. The second-order valence-electron chi connectivity index (χ2n) is 8.02. The number of nitrogens with one attached hydrogen (secondary N) is 2. The minimum Gasteiger partial charge on any atom is -0.406 e. The van der Waals surface area contributed by atoms with Gasteiger partial charge in [-0.3, -0.25) is 0 Å². The SMILES string of the molecule is CCCCCCCCCCCCCCCc1cccc(OC(=O)NC)c1OC(=O)NC. The van der Waals surface area contributed by atoms with Crippen LogP contribution in [0, 0.1) is 0 Å². The van der Waals surface area contributed by atoms with E-state index < -0.39 is 12.2 Å². The Morgan fingerprint density at radius 2 is 1.19 bits per heavy atom. The highest BCUT2D eigenvalue weighted by molar-refractivity contribution is 5.74. The van der Waals surface area contributed by atoms with Crippen molar-refractivity contribution in [2.75, 3.05) is 14.1 Å². The van der Waals surface area contributed by atoms with Crippen molar-refractivity contribution in [2.24, 2.45) is 0 Å². The Kier molecular flexibility index (Phi) is 15.1. The number of aryl methyl sites for hydroxylation is 1. The fourth-order valence-corrected chi connectivity index (χ4v) is 3.58. The van der Waals surface area contributed by atoms with Gasteiger partial charge in [0, 0.05) is 14.1 Å². The van der Waals surface area contributed by atoms with Crippen molar-refractivity contribution in [3.8, 4) is 11.5 Å². The first-order valence-electron chi connectivity index (χ1n) is 12.0. The first-order chi connectivity index (χ1) is 15.1. The van der Waals surface area contributed by atoms with Gasteiger partial charge in [-0.05, 0) is 24.5 Å². The highest BCUT2D eigenvalue weighted by Crippen LogP contribution is 2.33. The van der Waals surface area contributed by atoms with E-state index in [-0.39, 0.29) is 5.75 Å². The Labute approximate surface area is 188 Å². The zero-order valence-electron chi connectivity index (χ0n) is 19.8. The third kappa shape index (κ3) is 12.3. The van der Waals surface area contributed by atoms with Gasteiger partial charge in [-0.15, -0.1) is 0 Å². The fourth-order valence-electron chi connectivity index (χ4n) is 3.58. The van der Waals surface area contributed by atoms with E-state index in [2.05, 4.69) is 17.6 Å². The van der Waals surface area contributed by atoms with Crippen molar-refractivity contribution in [3.63, 3.8) is 0 Å². The number of para-hydroxylation sites is 1. The Morgan fingerprint density at radius 1 is 0.710 bits per heavy atom. The normalized spacial score (nSPS) is 10.5. The molecule has 0 aliphatic carbocycles. The summed E-state index contributed by atoms with van der Waals surface area (Å²) in [5, 5.41) is 4.84. The van der Waals surface area contributed by atoms with E-state index in [1.165, 1.54) is 84.7 Å². The zero-order chi connectivity index (χ0) is 22.7. The molecule has 1 aromatic rings. The van der Waals surface area contributed by atoms with Gasteiger partial charge in [-0.2, -0.15) is 0 Å². The van der Waals surface area contributed by atoms with Crippen LogP contribution in [-0.4, -0.2) is 26.3 Å². The van der Waals surface area contributed by atoms with E-state index in [9.17, 15) is 9.59 Å². The topological polar surface area (TPSA) is 76.7 Å². The molecule has 0 saturated carbocycles. The largest absolute Gasteiger partial charge is 0.412 e. The third-order valence-electron chi connectivity index (χ3n) is 5.42. The summed E-state index contributed by atoms with van der Waals surface area (Å²) >= 11 is 0. The number of carbonyl (C=O) groups is 2. The monoisotopic (exact) mass is 434 g/mol. The smallest absolute Gasteiger partial charge is 0.406 e. The highest BCUT2D eigenvalue weighted by atomic mass is 16.6. The molecular weight excluding hydrogens is 392 g/mol. The molecule has 0 spiro atoms. The molecule has 6 nitrogen and oxygen atoms in total. The maximum Gasteiger partial charge on any atom is 0.412 e. The number of unbranched alkanes of at least 4 members (excludes halogenated alkanes) is 12. The van der Waals surface area contributed by atoms with Crippen LogP contribution in [-0.2, 0) is 6.42 Å². The van der Waals surface area contributed by atoms with Crippen molar-refractivity contribution in [1.29, 1.82) is 0 Å². The molecule has 2 N–H and O–H groups in total. The lowest BCUT2D eigenvalue weighted by Gasteiger charge is -2.14. The Morgan fingerprint density at radius 3 is 1.71 bits per heavy atom. The summed E-state index contributed by atoms with van der Waals surface area (Å²) in [7, 11) is 2.98. The van der Waals surface area contributed by atoms with Crippen molar-refractivity contribution in [3.05, 3.63) is 23.8 Å². The average Bonchev–Trinajstić information content (AvgIpc) is 2.78. The van der Waals surface area contributed by atoms with Crippen LogP contribution in [0.5, 0.6) is 11.5 Å². The van der Waals surface area contributed by atoms with Crippen molar-refractivity contribution >= 4 is 12.2 Å². The summed E-state index contributed by atoms with van der Waals surface area (Å²) in [6.45, 7) is 2.26. The Hall–Kier alpha value is -2.24. The molecule has 0 heterocycles. The zero-order valence-corrected chi connectivity index (χ0v) is 19.8. The lowest BCUT2D eigenvalue weighted by atomic mass is 10.0. The number of ether oxygens (including phenoxy) is 2. The minimum absolute atomic E-state index is 0.246. The van der Waals surface area contributed by atoms with E-state index in [0.717, 1.165) is 24.8 Å². The van der Waals surface area contributed by atoms with Crippen LogP contribution in [0.1, 0.15) is 96.0 Å². The summed E-state index contributed by atoms with van der Waals surface area (Å²) in [6.07, 6.45) is 16.5. The van der Waals surface area contributed by atoms with Gasteiger partial charge in [-0.1, -0.05) is 96.1 Å². The van der Waals surface area contributed by atoms with Crippen molar-refractivity contribution in [1.82, 2.24) is 10.6 Å². The third-order valence-corrected chi connectivity index (χ3v) is 5.42. The molecular formula is C25H42N2O4. The molecule has 0 radical (unpaired) electrons. The molecule has 1 aromatic carbocycles. The standard InChI is InChI=1S/C25H42N2O4/c1-4-5-6-7-8-9-10-11-12-13-14-15-16-18-21-19-17-20-22(30-24(28)26-2)23(21)31-25(29)27-3/h17,19-20H,4-16,18H2,1-3H3,(H,26,28)(H,27,29). The van der Waals surface area contributed by atoms with Crippen LogP contribution in [0.3, 0.4) is 0 Å². The van der Waals surface area contributed by atoms with Crippen LogP contribution >= 0.6 is 0 Å². The minimum atomic E-state index is -0.597. The van der Waals surface area contributed by atoms with Crippen LogP contribution in [0.2, 0.25) is 0 Å². The first-order valence-corrected chi connectivity index (χ1v) is 12.0. The van der Waals surface area contributed by atoms with Crippen LogP contribution in [0.25, 0.3) is 0 Å². The Bertz CT molecular complexity index is 634. The molecule has 6 heteroatoms. The van der Waals surface area contributed by atoms with Gasteiger partial charge in [-0.25, -0.2) is 9.59 Å². The van der Waals surface area contributed by atoms with Crippen LogP contribution in [0.4, 0.5) is 9.59 Å². The van der Waals surface area contributed by atoms with Gasteiger partial charge in [0.1, 0.15) is 0 Å². The molecule has 0 fully saturated rings. The summed E-state index contributed by atoms with van der Waals surface area (Å²) < 4.78 is 10.6. The van der Waals surface area contributed by atoms with Gasteiger partial charge in [0.25, 0.3) is 0 Å². The maximum absolute atomic E-state index is 11.7. The van der Waals surface area contributed by atoms with E-state index in [4.69, 9.17) is 9.47 Å². The summed E-state index contributed by atoms with van der Waals surface area (Å²) in [6, 6.07) is 5.35. The Balaban J connectivity index is 2.32. The summed E-state index contributed by atoms with van der Waals surface area (Å²) in [5.41, 5.74) is 0.869. The van der Waals surface area contributed by atoms with Crippen molar-refractivity contribution < 1.29 is 19.1 Å². The second-order valence-corrected chi connectivity index (χ2v) is 8.02. The molecule has 2 amide bonds. The van der Waals surface area contributed by atoms with Crippen LogP contribution < -0.4 is 20.1 Å². The molecule has 0 aromatic heterocycles. The second kappa shape index (κ2) is 17.4. The molecule has 0 aliphatic heterocycles. The lowest BCUT2D eigenvalue weighted by Crippen LogP contribution is -2.25. The number of hydrogen-bond donors (Lipinski definition) is 2. The summed E-state index contributed by atoms with van der Waals surface area (Å²) in [5.74, 6) is 0.555. The van der Waals surface area contributed by atoms with Gasteiger partial charge in [0.05, 0.1) is 0 Å². The highest BCUT2D eigenvalue weighted by Gasteiger charge is 2.16. The quantitative estimate of drug-likeness (QED) is 0.282. The molecule has 0 aliphatic rings. The van der Waals surface area contributed by atoms with Gasteiger partial charge >= 0.3 is 12.2 Å². The molecule has 0 bridgehead atoms. The molecule has 31 heavy (non-hydrogen) atoms. The van der Waals surface area contributed by atoms with Gasteiger partial charge in [0.15, 0.2) is 11.5 Å². The number of carbonyl (C=O) groups excluding carboxylic acids is 2. The molecule has 176 valence electrons. The number of benzene rings is 1. The molecule has 1 rings (SSSR count). The maximum atomic E-state index is 11.7. The number of hydrogen-bond acceptors (Lipinski definition) is 4. The predicted octanol–water partition coefficient (Wildman–Crippen LogP) is 6.76. The van der Waals surface area contributed by atoms with Gasteiger partial charge in [0.2, 0.25) is 0 Å². The van der Waals surface area contributed by atoms with Crippen molar-refractivity contribution in [2.45, 2.75) is 96.8 Å². The predicted molar refractivity (Wildman–Crippen MR) is 126 cm³/mol. The number of amides is 2. The van der Waals surface area contributed by atoms with E-state index >= 15 is 0 Å².